The number of benzene rings is 3. The van der Waals surface area contributed by atoms with Gasteiger partial charge in [-0.05, 0) is 54.4 Å². The third-order valence-corrected chi connectivity index (χ3v) is 6.90. The van der Waals surface area contributed by atoms with Crippen molar-refractivity contribution in [3.05, 3.63) is 100 Å². The molecule has 0 fully saturated rings. The lowest BCUT2D eigenvalue weighted by atomic mass is 9.76. The van der Waals surface area contributed by atoms with E-state index in [1.807, 2.05) is 49.4 Å². The average molecular weight is 514 g/mol. The van der Waals surface area contributed by atoms with Crippen LogP contribution in [-0.2, 0) is 10.2 Å². The molecular formula is C25H21Cl2N3O3S. The molecule has 3 aromatic rings. The van der Waals surface area contributed by atoms with Gasteiger partial charge in [0.2, 0.25) is 0 Å². The molecule has 0 radical (unpaired) electrons. The van der Waals surface area contributed by atoms with Crippen LogP contribution in [0, 0.1) is 0 Å². The summed E-state index contributed by atoms with van der Waals surface area (Å²) in [5, 5.41) is 6.61. The zero-order valence-electron chi connectivity index (χ0n) is 18.4. The van der Waals surface area contributed by atoms with Gasteiger partial charge < -0.3 is 4.74 Å². The van der Waals surface area contributed by atoms with Gasteiger partial charge in [0.25, 0.3) is 0 Å². The molecule has 2 amide bonds. The minimum atomic E-state index is -0.629. The van der Waals surface area contributed by atoms with Crippen molar-refractivity contribution in [3.8, 4) is 0 Å². The fourth-order valence-corrected chi connectivity index (χ4v) is 4.64. The first kappa shape index (κ1) is 24.1. The molecule has 1 aliphatic rings. The summed E-state index contributed by atoms with van der Waals surface area (Å²) in [5.74, 6) is 0. The minimum Gasteiger partial charge on any atom is -0.460 e. The van der Waals surface area contributed by atoms with Gasteiger partial charge in [0.1, 0.15) is 0 Å². The highest BCUT2D eigenvalue weighted by molar-refractivity contribution is 8.15. The summed E-state index contributed by atoms with van der Waals surface area (Å²) in [6.07, 6.45) is 0. The smallest absolute Gasteiger partial charge is 0.388 e. The molecule has 3 aromatic carbocycles. The van der Waals surface area contributed by atoms with E-state index in [1.54, 1.807) is 36.4 Å². The minimum absolute atomic E-state index is 0.277. The number of urea groups is 1. The molecule has 1 heterocycles. The van der Waals surface area contributed by atoms with Crippen LogP contribution >= 0.6 is 35.1 Å². The Kier molecular flexibility index (Phi) is 7.16. The van der Waals surface area contributed by atoms with E-state index >= 15 is 0 Å². The average Bonchev–Trinajstić information content (AvgIpc) is 3.22. The molecule has 6 nitrogen and oxygen atoms in total. The molecule has 9 heteroatoms. The maximum Gasteiger partial charge on any atom is 0.388 e. The van der Waals surface area contributed by atoms with Crippen LogP contribution < -0.4 is 4.31 Å². The second-order valence-electron chi connectivity index (χ2n) is 7.81. The summed E-state index contributed by atoms with van der Waals surface area (Å²) < 4.78 is 6.04. The van der Waals surface area contributed by atoms with Crippen LogP contribution in [0.1, 0.15) is 18.1 Å². The molecule has 1 atom stereocenters. The van der Waals surface area contributed by atoms with Gasteiger partial charge in [0.05, 0.1) is 42.4 Å². The topological polar surface area (TPSA) is 62.2 Å². The Morgan fingerprint density at radius 3 is 2.15 bits per heavy atom. The zero-order chi connectivity index (χ0) is 24.3. The van der Waals surface area contributed by atoms with E-state index < -0.39 is 16.7 Å². The quantitative estimate of drug-likeness (QED) is 0.279. The summed E-state index contributed by atoms with van der Waals surface area (Å²) in [6.45, 7) is 2.32. The number of rotatable bonds is 3. The number of nitrogens with zero attached hydrogens (tertiary/aromatic N) is 3. The molecule has 4 rings (SSSR count). The highest BCUT2D eigenvalue weighted by Gasteiger charge is 2.44. The van der Waals surface area contributed by atoms with Gasteiger partial charge in [-0.2, -0.15) is 5.10 Å². The van der Waals surface area contributed by atoms with Gasteiger partial charge in [0.15, 0.2) is 0 Å². The number of ether oxygens (including phenoxy) is 1. The van der Waals surface area contributed by atoms with Gasteiger partial charge in [0, 0.05) is 10.0 Å². The third kappa shape index (κ3) is 4.92. The molecule has 0 bridgehead atoms. The van der Waals surface area contributed by atoms with Gasteiger partial charge in [-0.25, -0.2) is 18.9 Å². The van der Waals surface area contributed by atoms with E-state index in [0.29, 0.717) is 27.7 Å². The normalized spacial score (nSPS) is 17.3. The predicted molar refractivity (Wildman–Crippen MR) is 138 cm³/mol. The van der Waals surface area contributed by atoms with E-state index in [4.69, 9.17) is 33.0 Å². The van der Waals surface area contributed by atoms with E-state index in [9.17, 15) is 9.59 Å². The number of amides is 2. The Labute approximate surface area is 212 Å². The fraction of sp³-hybridized carbons (Fsp3) is 0.160. The van der Waals surface area contributed by atoms with E-state index in [0.717, 1.165) is 16.8 Å². The number of methoxy groups -OCH3 is 1. The molecule has 0 spiro atoms. The zero-order valence-corrected chi connectivity index (χ0v) is 20.8. The molecule has 0 saturated heterocycles. The summed E-state index contributed by atoms with van der Waals surface area (Å²) in [5.41, 5.74) is 2.47. The van der Waals surface area contributed by atoms with Crippen LogP contribution in [-0.4, -0.2) is 35.7 Å². The largest absolute Gasteiger partial charge is 0.460 e. The first-order valence-electron chi connectivity index (χ1n) is 10.4. The van der Waals surface area contributed by atoms with Crippen molar-refractivity contribution in [2.75, 3.05) is 18.0 Å². The van der Waals surface area contributed by atoms with Crippen molar-refractivity contribution in [1.29, 1.82) is 0 Å². The number of carbonyl (C=O) groups is 2. The number of anilines is 1. The third-order valence-electron chi connectivity index (χ3n) is 5.53. The fourth-order valence-electron chi connectivity index (χ4n) is 3.76. The number of carbonyl (C=O) groups excluding carboxylic acids is 2. The number of halogens is 2. The molecule has 174 valence electrons. The van der Waals surface area contributed by atoms with Crippen LogP contribution in [0.15, 0.2) is 84.0 Å². The van der Waals surface area contributed by atoms with Crippen LogP contribution in [0.4, 0.5) is 15.3 Å². The van der Waals surface area contributed by atoms with Gasteiger partial charge in [-0.15, -0.1) is 0 Å². The maximum atomic E-state index is 13.7. The molecule has 0 saturated carbocycles. The summed E-state index contributed by atoms with van der Waals surface area (Å²) in [4.78, 5) is 25.8. The molecule has 0 aromatic heterocycles. The lowest BCUT2D eigenvalue weighted by Gasteiger charge is -2.28. The Morgan fingerprint density at radius 1 is 0.971 bits per heavy atom. The Morgan fingerprint density at radius 2 is 1.56 bits per heavy atom. The van der Waals surface area contributed by atoms with Crippen molar-refractivity contribution in [2.45, 2.75) is 12.3 Å². The Balaban J connectivity index is 1.75. The molecule has 1 aliphatic heterocycles. The molecule has 0 aliphatic carbocycles. The second kappa shape index (κ2) is 10.1. The van der Waals surface area contributed by atoms with Gasteiger partial charge >= 0.3 is 11.3 Å². The maximum absolute atomic E-state index is 13.7. The highest BCUT2D eigenvalue weighted by atomic mass is 35.5. The first-order valence-corrected chi connectivity index (χ1v) is 11.9. The SMILES string of the molecule is COC(=O)SN(C(=O)N1CC(C)(c2ccccc2)C(c2ccc(Cl)cc2)=N1)c1ccc(Cl)cc1. The van der Waals surface area contributed by atoms with Crippen molar-refractivity contribution in [2.24, 2.45) is 5.10 Å². The Bertz CT molecular complexity index is 1220. The predicted octanol–water partition coefficient (Wildman–Crippen LogP) is 7.01. The van der Waals surface area contributed by atoms with Crippen molar-refractivity contribution >= 4 is 57.9 Å². The molecular weight excluding hydrogens is 493 g/mol. The van der Waals surface area contributed by atoms with E-state index in [2.05, 4.69) is 0 Å². The Hall–Kier alpha value is -3.00. The second-order valence-corrected chi connectivity index (χ2v) is 9.56. The molecule has 34 heavy (non-hydrogen) atoms. The van der Waals surface area contributed by atoms with Crippen LogP contribution in [0.5, 0.6) is 0 Å². The summed E-state index contributed by atoms with van der Waals surface area (Å²) >= 11 is 12.8. The monoisotopic (exact) mass is 513 g/mol. The lowest BCUT2D eigenvalue weighted by molar-refractivity contribution is 0.199. The van der Waals surface area contributed by atoms with E-state index in [1.165, 1.54) is 16.4 Å². The first-order chi connectivity index (χ1) is 16.3. The highest BCUT2D eigenvalue weighted by Crippen LogP contribution is 2.37. The summed E-state index contributed by atoms with van der Waals surface area (Å²) in [7, 11) is 1.26. The van der Waals surface area contributed by atoms with Crippen molar-refractivity contribution in [1.82, 2.24) is 5.01 Å². The van der Waals surface area contributed by atoms with Gasteiger partial charge in [-0.3, -0.25) is 0 Å². The van der Waals surface area contributed by atoms with Crippen molar-refractivity contribution in [3.63, 3.8) is 0 Å². The number of hydrazone groups is 1. The van der Waals surface area contributed by atoms with Crippen LogP contribution in [0.3, 0.4) is 0 Å². The van der Waals surface area contributed by atoms with E-state index in [-0.39, 0.29) is 6.54 Å². The van der Waals surface area contributed by atoms with Crippen molar-refractivity contribution < 1.29 is 14.3 Å². The standard InChI is InChI=1S/C25H21Cl2N3O3S/c1-25(18-6-4-3-5-7-18)16-29(28-22(25)17-8-10-19(26)11-9-17)23(31)30(34-24(32)33-2)21-14-12-20(27)13-15-21/h3-15H,16H2,1-2H3. The summed E-state index contributed by atoms with van der Waals surface area (Å²) in [6, 6.07) is 23.4. The van der Waals surface area contributed by atoms with Crippen LogP contribution in [0.25, 0.3) is 0 Å². The number of hydrogen-bond donors (Lipinski definition) is 0. The molecule has 1 unspecified atom stereocenters. The van der Waals surface area contributed by atoms with Gasteiger partial charge in [-0.1, -0.05) is 65.7 Å². The lowest BCUT2D eigenvalue weighted by Crippen LogP contribution is -2.41. The van der Waals surface area contributed by atoms with Crippen LogP contribution in [0.2, 0.25) is 10.0 Å². The molecule has 0 N–H and O–H groups in total. The number of hydrogen-bond acceptors (Lipinski definition) is 5.